The molecule has 7 nitrogen and oxygen atoms in total. The summed E-state index contributed by atoms with van der Waals surface area (Å²) in [6.07, 6.45) is 1.23. The molecule has 3 aromatic rings. The molecule has 2 heterocycles. The fraction of sp³-hybridized carbons (Fsp3) is 0.105. The predicted octanol–water partition coefficient (Wildman–Crippen LogP) is 3.58. The van der Waals surface area contributed by atoms with E-state index in [1.54, 1.807) is 12.1 Å². The molecule has 0 amide bonds. The van der Waals surface area contributed by atoms with Gasteiger partial charge in [-0.15, -0.1) is 4.40 Å². The largest absolute Gasteiger partial charge is 0.344 e. The number of rotatable bonds is 4. The highest BCUT2D eigenvalue weighted by atomic mass is 32.2. The van der Waals surface area contributed by atoms with E-state index in [0.717, 1.165) is 28.1 Å². The zero-order valence-electron chi connectivity index (χ0n) is 15.1. The number of aromatic nitrogens is 2. The molecule has 2 aromatic carbocycles. The summed E-state index contributed by atoms with van der Waals surface area (Å²) < 4.78 is 62.0. The Hall–Kier alpha value is -3.40. The molecule has 148 valence electrons. The van der Waals surface area contributed by atoms with Gasteiger partial charge >= 0.3 is 10.2 Å². The summed E-state index contributed by atoms with van der Waals surface area (Å²) >= 11 is 0. The van der Waals surface area contributed by atoms with Crippen molar-refractivity contribution in [2.75, 3.05) is 0 Å². The van der Waals surface area contributed by atoms with Gasteiger partial charge in [-0.1, -0.05) is 35.5 Å². The molecule has 0 bridgehead atoms. The monoisotopic (exact) mass is 416 g/mol. The van der Waals surface area contributed by atoms with Gasteiger partial charge in [-0.25, -0.2) is 8.78 Å². The summed E-state index contributed by atoms with van der Waals surface area (Å²) in [5, 5.41) is 3.91. The highest BCUT2D eigenvalue weighted by Crippen LogP contribution is 2.27. The van der Waals surface area contributed by atoms with E-state index in [4.69, 9.17) is 4.52 Å². The van der Waals surface area contributed by atoms with Gasteiger partial charge in [0.25, 0.3) is 5.89 Å². The van der Waals surface area contributed by atoms with Gasteiger partial charge in [-0.05, 0) is 25.1 Å². The van der Waals surface area contributed by atoms with E-state index in [9.17, 15) is 17.2 Å². The van der Waals surface area contributed by atoms with Crippen molar-refractivity contribution in [1.82, 2.24) is 14.4 Å². The van der Waals surface area contributed by atoms with Gasteiger partial charge in [0.05, 0.1) is 17.8 Å². The standard InChI is InChI=1S/C19H14F2N4O3S/c1-12-16(19-22-18(23-28-19)13-5-3-2-4-6-13)11-25(29(26,27)24-12)10-14-9-15(20)7-8-17(14)21/h2-9,11H,10H2,1H3. The molecule has 4 rings (SSSR count). The Labute approximate surface area is 165 Å². The minimum absolute atomic E-state index is 0.0599. The first kappa shape index (κ1) is 18.9. The number of hydrogen-bond donors (Lipinski definition) is 0. The lowest BCUT2D eigenvalue weighted by Crippen LogP contribution is -2.29. The first-order valence-corrected chi connectivity index (χ1v) is 9.87. The second-order valence-corrected chi connectivity index (χ2v) is 7.81. The molecule has 0 fully saturated rings. The Kier molecular flexibility index (Phi) is 4.71. The molecular weight excluding hydrogens is 402 g/mol. The van der Waals surface area contributed by atoms with E-state index in [-0.39, 0.29) is 22.7 Å². The van der Waals surface area contributed by atoms with Crippen LogP contribution in [-0.2, 0) is 16.8 Å². The van der Waals surface area contributed by atoms with Crippen LogP contribution < -0.4 is 0 Å². The summed E-state index contributed by atoms with van der Waals surface area (Å²) in [4.78, 5) is 4.29. The summed E-state index contributed by atoms with van der Waals surface area (Å²) in [5.41, 5.74) is 1.00. The average molecular weight is 416 g/mol. The fourth-order valence-electron chi connectivity index (χ4n) is 2.79. The molecule has 0 unspecified atom stereocenters. The SMILES string of the molecule is CC1=NS(=O)(=O)N(Cc2cc(F)ccc2F)C=C1c1nc(-c2ccccc2)no1. The third kappa shape index (κ3) is 3.79. The van der Waals surface area contributed by atoms with Crippen LogP contribution in [0.15, 0.2) is 63.7 Å². The van der Waals surface area contributed by atoms with Crippen molar-refractivity contribution < 1.29 is 21.7 Å². The third-order valence-electron chi connectivity index (χ3n) is 4.23. The van der Waals surface area contributed by atoms with Crippen LogP contribution in [0, 0.1) is 11.6 Å². The highest BCUT2D eigenvalue weighted by molar-refractivity contribution is 7.88. The van der Waals surface area contributed by atoms with E-state index in [0.29, 0.717) is 5.82 Å². The van der Waals surface area contributed by atoms with Crippen molar-refractivity contribution in [2.45, 2.75) is 13.5 Å². The van der Waals surface area contributed by atoms with Crippen molar-refractivity contribution in [2.24, 2.45) is 4.40 Å². The molecule has 0 saturated heterocycles. The number of hydrogen-bond acceptors (Lipinski definition) is 5. The minimum Gasteiger partial charge on any atom is -0.333 e. The lowest BCUT2D eigenvalue weighted by molar-refractivity contribution is 0.408. The van der Waals surface area contributed by atoms with E-state index >= 15 is 0 Å². The molecule has 29 heavy (non-hydrogen) atoms. The highest BCUT2D eigenvalue weighted by Gasteiger charge is 2.29. The molecule has 0 saturated carbocycles. The first-order valence-electron chi connectivity index (χ1n) is 8.47. The lowest BCUT2D eigenvalue weighted by Gasteiger charge is -2.23. The van der Waals surface area contributed by atoms with Crippen molar-refractivity contribution in [1.29, 1.82) is 0 Å². The molecule has 0 N–H and O–H groups in total. The van der Waals surface area contributed by atoms with Gasteiger partial charge in [0.15, 0.2) is 0 Å². The van der Waals surface area contributed by atoms with Crippen LogP contribution in [0.1, 0.15) is 18.4 Å². The van der Waals surface area contributed by atoms with Crippen LogP contribution in [0.25, 0.3) is 17.0 Å². The molecule has 1 aromatic heterocycles. The Balaban J connectivity index is 1.71. The summed E-state index contributed by atoms with van der Waals surface area (Å²) in [6, 6.07) is 11.9. The topological polar surface area (TPSA) is 88.7 Å². The average Bonchev–Trinajstić information content (AvgIpc) is 3.17. The van der Waals surface area contributed by atoms with Gasteiger partial charge < -0.3 is 4.52 Å². The van der Waals surface area contributed by atoms with Crippen LogP contribution >= 0.6 is 0 Å². The maximum absolute atomic E-state index is 14.0. The second-order valence-electron chi connectivity index (χ2n) is 6.27. The van der Waals surface area contributed by atoms with Gasteiger partial charge in [0.2, 0.25) is 5.82 Å². The third-order valence-corrected chi connectivity index (χ3v) is 5.57. The van der Waals surface area contributed by atoms with Crippen LogP contribution in [0.2, 0.25) is 0 Å². The van der Waals surface area contributed by atoms with E-state index < -0.39 is 28.4 Å². The second kappa shape index (κ2) is 7.21. The van der Waals surface area contributed by atoms with Gasteiger partial charge in [-0.2, -0.15) is 13.4 Å². The van der Waals surface area contributed by atoms with Crippen molar-refractivity contribution in [3.05, 3.63) is 77.8 Å². The fourth-order valence-corrected chi connectivity index (χ4v) is 3.88. The number of allylic oxidation sites excluding steroid dienone is 1. The summed E-state index contributed by atoms with van der Waals surface area (Å²) in [7, 11) is -4.12. The van der Waals surface area contributed by atoms with Crippen LogP contribution in [-0.4, -0.2) is 28.6 Å². The smallest absolute Gasteiger partial charge is 0.333 e. The van der Waals surface area contributed by atoms with E-state index in [1.807, 2.05) is 18.2 Å². The van der Waals surface area contributed by atoms with Crippen LogP contribution in [0.5, 0.6) is 0 Å². The normalized spacial score (nSPS) is 15.8. The number of nitrogens with zero attached hydrogens (tertiary/aromatic N) is 4. The Morgan fingerprint density at radius 2 is 1.86 bits per heavy atom. The number of benzene rings is 2. The molecule has 1 aliphatic heterocycles. The Morgan fingerprint density at radius 3 is 2.62 bits per heavy atom. The predicted molar refractivity (Wildman–Crippen MR) is 102 cm³/mol. The molecule has 0 spiro atoms. The Morgan fingerprint density at radius 1 is 1.10 bits per heavy atom. The number of halogens is 2. The zero-order chi connectivity index (χ0) is 20.6. The molecule has 0 aliphatic carbocycles. The van der Waals surface area contributed by atoms with E-state index in [2.05, 4.69) is 14.5 Å². The quantitative estimate of drug-likeness (QED) is 0.649. The van der Waals surface area contributed by atoms with Gasteiger partial charge in [0.1, 0.15) is 11.6 Å². The van der Waals surface area contributed by atoms with Gasteiger partial charge in [0, 0.05) is 17.3 Å². The summed E-state index contributed by atoms with van der Waals surface area (Å²) in [5.74, 6) is -1.02. The molecule has 0 radical (unpaired) electrons. The first-order chi connectivity index (χ1) is 13.8. The zero-order valence-corrected chi connectivity index (χ0v) is 15.9. The maximum Gasteiger partial charge on any atom is 0.344 e. The van der Waals surface area contributed by atoms with Crippen molar-refractivity contribution >= 4 is 21.5 Å². The molecular formula is C19H14F2N4O3S. The van der Waals surface area contributed by atoms with Crippen molar-refractivity contribution in [3.8, 4) is 11.4 Å². The lowest BCUT2D eigenvalue weighted by atomic mass is 10.1. The molecule has 10 heteroatoms. The Bertz CT molecular complexity index is 1240. The van der Waals surface area contributed by atoms with Gasteiger partial charge in [-0.3, -0.25) is 4.31 Å². The van der Waals surface area contributed by atoms with Crippen molar-refractivity contribution in [3.63, 3.8) is 0 Å². The maximum atomic E-state index is 14.0. The summed E-state index contributed by atoms with van der Waals surface area (Å²) in [6.45, 7) is 1.04. The van der Waals surface area contributed by atoms with E-state index in [1.165, 1.54) is 13.1 Å². The van der Waals surface area contributed by atoms with Crippen LogP contribution in [0.4, 0.5) is 8.78 Å². The molecule has 0 atom stereocenters. The van der Waals surface area contributed by atoms with Crippen LogP contribution in [0.3, 0.4) is 0 Å². The minimum atomic E-state index is -4.12. The molecule has 1 aliphatic rings.